The van der Waals surface area contributed by atoms with Gasteiger partial charge in [0.05, 0.1) is 0 Å². The molecular weight excluding hydrogens is 997 g/mol. The zero-order valence-electron chi connectivity index (χ0n) is 53.3. The highest BCUT2D eigenvalue weighted by atomic mass is 16.6. The molecule has 0 saturated heterocycles. The first-order valence-electron chi connectivity index (χ1n) is 34.4. The molecule has 0 heterocycles. The Balaban J connectivity index is 4.12. The van der Waals surface area contributed by atoms with Crippen molar-refractivity contribution in [3.63, 3.8) is 0 Å². The summed E-state index contributed by atoms with van der Waals surface area (Å²) in [5, 5.41) is 0. The van der Waals surface area contributed by atoms with E-state index in [-0.39, 0.29) is 31.1 Å². The molecule has 0 aromatic rings. The van der Waals surface area contributed by atoms with Gasteiger partial charge in [-0.2, -0.15) is 0 Å². The van der Waals surface area contributed by atoms with E-state index in [1.54, 1.807) is 0 Å². The lowest BCUT2D eigenvalue weighted by atomic mass is 10.0. The van der Waals surface area contributed by atoms with Crippen LogP contribution >= 0.6 is 0 Å². The van der Waals surface area contributed by atoms with Crippen LogP contribution in [-0.2, 0) is 28.6 Å². The summed E-state index contributed by atoms with van der Waals surface area (Å²) >= 11 is 0. The van der Waals surface area contributed by atoms with Gasteiger partial charge in [-0.25, -0.2) is 0 Å². The lowest BCUT2D eigenvalue weighted by Crippen LogP contribution is -2.30. The van der Waals surface area contributed by atoms with E-state index in [0.717, 1.165) is 122 Å². The minimum Gasteiger partial charge on any atom is -0.462 e. The minimum atomic E-state index is -0.780. The molecule has 0 N–H and O–H groups in total. The first-order chi connectivity index (χ1) is 40.0. The molecule has 0 aromatic heterocycles. The van der Waals surface area contributed by atoms with Crippen LogP contribution in [0.5, 0.6) is 0 Å². The molecule has 6 nitrogen and oxygen atoms in total. The molecule has 1 atom stereocenters. The third kappa shape index (κ3) is 66.8. The van der Waals surface area contributed by atoms with E-state index in [9.17, 15) is 14.4 Å². The largest absolute Gasteiger partial charge is 0.462 e. The van der Waals surface area contributed by atoms with Crippen molar-refractivity contribution in [3.8, 4) is 0 Å². The molecule has 0 fully saturated rings. The van der Waals surface area contributed by atoms with Crippen molar-refractivity contribution in [2.24, 2.45) is 0 Å². The van der Waals surface area contributed by atoms with Gasteiger partial charge in [-0.05, 0) is 103 Å². The van der Waals surface area contributed by atoms with E-state index >= 15 is 0 Å². The Morgan fingerprint density at radius 1 is 0.259 bits per heavy atom. The molecule has 81 heavy (non-hydrogen) atoms. The van der Waals surface area contributed by atoms with E-state index in [0.29, 0.717) is 19.3 Å². The van der Waals surface area contributed by atoms with Crippen LogP contribution in [0.1, 0.15) is 329 Å². The predicted molar refractivity (Wildman–Crippen MR) is 353 cm³/mol. The van der Waals surface area contributed by atoms with Crippen LogP contribution in [0, 0.1) is 0 Å². The topological polar surface area (TPSA) is 78.9 Å². The van der Waals surface area contributed by atoms with E-state index in [1.165, 1.54) is 167 Å². The molecule has 0 spiro atoms. The maximum Gasteiger partial charge on any atom is 0.306 e. The van der Waals surface area contributed by atoms with Gasteiger partial charge in [0, 0.05) is 19.3 Å². The molecule has 0 bridgehead atoms. The summed E-state index contributed by atoms with van der Waals surface area (Å²) in [4.78, 5) is 38.3. The minimum absolute atomic E-state index is 0.0775. The van der Waals surface area contributed by atoms with Crippen LogP contribution in [0.2, 0.25) is 0 Å². The lowest BCUT2D eigenvalue weighted by molar-refractivity contribution is -0.167. The Morgan fingerprint density at radius 2 is 0.481 bits per heavy atom. The van der Waals surface area contributed by atoms with Gasteiger partial charge < -0.3 is 14.2 Å². The molecule has 1 unspecified atom stereocenters. The van der Waals surface area contributed by atoms with E-state index < -0.39 is 6.10 Å². The Morgan fingerprint density at radius 3 is 0.753 bits per heavy atom. The van der Waals surface area contributed by atoms with Crippen LogP contribution < -0.4 is 0 Å². The zero-order valence-corrected chi connectivity index (χ0v) is 53.3. The summed E-state index contributed by atoms with van der Waals surface area (Å²) in [6.45, 7) is 6.42. The Hall–Kier alpha value is -3.93. The predicted octanol–water partition coefficient (Wildman–Crippen LogP) is 23.8. The third-order valence-electron chi connectivity index (χ3n) is 14.8. The normalized spacial score (nSPS) is 12.8. The maximum atomic E-state index is 12.9. The number of allylic oxidation sites excluding steroid dienone is 18. The van der Waals surface area contributed by atoms with Gasteiger partial charge in [0.2, 0.25) is 0 Å². The quantitative estimate of drug-likeness (QED) is 0.0261. The highest BCUT2D eigenvalue weighted by Crippen LogP contribution is 2.17. The lowest BCUT2D eigenvalue weighted by Gasteiger charge is -2.18. The SMILES string of the molecule is CC/C=C\C/C=C\C/C=C\C/C=C\C/C=C\CCCCCCCCCCCCCCCCCCCC(=O)OCC(COC(=O)CCCCCCCCCCC)OC(=O)CCCCCCCCCC/C=C\C/C=C\C/C=C\C/C=C\CC. The highest BCUT2D eigenvalue weighted by molar-refractivity contribution is 5.71. The van der Waals surface area contributed by atoms with Gasteiger partial charge in [0.25, 0.3) is 0 Å². The summed E-state index contributed by atoms with van der Waals surface area (Å²) in [5.41, 5.74) is 0. The molecule has 6 heteroatoms. The number of rotatable bonds is 62. The van der Waals surface area contributed by atoms with Gasteiger partial charge in [-0.1, -0.05) is 316 Å². The average Bonchev–Trinajstić information content (AvgIpc) is 3.47. The van der Waals surface area contributed by atoms with Crippen molar-refractivity contribution in [2.75, 3.05) is 13.2 Å². The smallest absolute Gasteiger partial charge is 0.306 e. The average molecular weight is 1130 g/mol. The molecule has 464 valence electrons. The number of ether oxygens (including phenoxy) is 3. The standard InChI is InChI=1S/C75H128O6/c1-4-7-10-13-16-19-21-23-25-27-29-31-32-33-34-35-36-37-38-39-40-41-42-44-45-47-49-51-53-56-59-62-65-68-74(77)80-71-72(70-79-73(76)67-64-61-58-55-18-15-12-9-6-3)81-75(78)69-66-63-60-57-54-52-50-48-46-43-30-28-26-24-22-20-17-14-11-8-5-2/h7-8,10-11,16-17,19-20,23-26,29-31,33-34,43,72H,4-6,9,12-15,18,21-22,27-28,32,35-42,44-71H2,1-3H3/b10-7-,11-8-,19-16-,20-17-,25-23-,26-24-,31-29-,34-33-,43-30-. The monoisotopic (exact) mass is 1120 g/mol. The van der Waals surface area contributed by atoms with Crippen molar-refractivity contribution in [1.29, 1.82) is 0 Å². The summed E-state index contributed by atoms with van der Waals surface area (Å²) in [5.74, 6) is -0.876. The second-order valence-corrected chi connectivity index (χ2v) is 22.7. The summed E-state index contributed by atoms with van der Waals surface area (Å²) in [7, 11) is 0. The van der Waals surface area contributed by atoms with E-state index in [4.69, 9.17) is 14.2 Å². The Labute approximate surface area is 501 Å². The first kappa shape index (κ1) is 77.1. The number of hydrogen-bond acceptors (Lipinski definition) is 6. The van der Waals surface area contributed by atoms with Gasteiger partial charge >= 0.3 is 17.9 Å². The van der Waals surface area contributed by atoms with Crippen molar-refractivity contribution < 1.29 is 28.6 Å². The molecule has 0 aliphatic carbocycles. The fraction of sp³-hybridized carbons (Fsp3) is 0.720. The molecular formula is C75H128O6. The molecule has 0 amide bonds. The fourth-order valence-corrected chi connectivity index (χ4v) is 9.70. The number of esters is 3. The first-order valence-corrected chi connectivity index (χ1v) is 34.4. The highest BCUT2D eigenvalue weighted by Gasteiger charge is 2.19. The van der Waals surface area contributed by atoms with Crippen LogP contribution in [-0.4, -0.2) is 37.2 Å². The number of hydrogen-bond donors (Lipinski definition) is 0. The second kappa shape index (κ2) is 68.6. The van der Waals surface area contributed by atoms with Crippen molar-refractivity contribution in [2.45, 2.75) is 335 Å². The molecule has 0 rings (SSSR count). The summed E-state index contributed by atoms with van der Waals surface area (Å²) in [6, 6.07) is 0. The molecule has 0 aliphatic heterocycles. The zero-order chi connectivity index (χ0) is 58.5. The van der Waals surface area contributed by atoms with Crippen LogP contribution in [0.4, 0.5) is 0 Å². The van der Waals surface area contributed by atoms with Crippen molar-refractivity contribution in [1.82, 2.24) is 0 Å². The molecule has 0 aromatic carbocycles. The van der Waals surface area contributed by atoms with E-state index in [2.05, 4.69) is 130 Å². The van der Waals surface area contributed by atoms with Crippen molar-refractivity contribution >= 4 is 17.9 Å². The molecule has 0 aliphatic rings. The van der Waals surface area contributed by atoms with Gasteiger partial charge in [0.1, 0.15) is 13.2 Å². The van der Waals surface area contributed by atoms with Crippen LogP contribution in [0.3, 0.4) is 0 Å². The Kier molecular flexibility index (Phi) is 65.2. The van der Waals surface area contributed by atoms with Gasteiger partial charge in [-0.3, -0.25) is 14.4 Å². The summed E-state index contributed by atoms with van der Waals surface area (Å²) < 4.78 is 16.9. The molecule has 0 radical (unpaired) electrons. The Bertz CT molecular complexity index is 1620. The fourth-order valence-electron chi connectivity index (χ4n) is 9.70. The molecule has 0 saturated carbocycles. The number of carbonyl (C=O) groups is 3. The summed E-state index contributed by atoms with van der Waals surface area (Å²) in [6.07, 6.45) is 94.1. The number of unbranched alkanes of at least 4 members (excludes halogenated alkanes) is 33. The number of carbonyl (C=O) groups excluding carboxylic acids is 3. The van der Waals surface area contributed by atoms with Crippen molar-refractivity contribution in [3.05, 3.63) is 109 Å². The second-order valence-electron chi connectivity index (χ2n) is 22.7. The van der Waals surface area contributed by atoms with Gasteiger partial charge in [-0.15, -0.1) is 0 Å². The van der Waals surface area contributed by atoms with Gasteiger partial charge in [0.15, 0.2) is 6.10 Å². The van der Waals surface area contributed by atoms with E-state index in [1.807, 2.05) is 0 Å². The van der Waals surface area contributed by atoms with Crippen LogP contribution in [0.15, 0.2) is 109 Å². The van der Waals surface area contributed by atoms with Crippen LogP contribution in [0.25, 0.3) is 0 Å². The maximum absolute atomic E-state index is 12.9. The third-order valence-corrected chi connectivity index (χ3v) is 14.8.